The van der Waals surface area contributed by atoms with Gasteiger partial charge in [0.25, 0.3) is 0 Å². The Morgan fingerprint density at radius 2 is 1.50 bits per heavy atom. The summed E-state index contributed by atoms with van der Waals surface area (Å²) in [6.07, 6.45) is 11.2. The van der Waals surface area contributed by atoms with Crippen molar-refractivity contribution in [3.8, 4) is 0 Å². The Bertz CT molecular complexity index is 475. The van der Waals surface area contributed by atoms with E-state index in [2.05, 4.69) is 33.0 Å². The highest BCUT2D eigenvalue weighted by Crippen LogP contribution is 2.29. The number of hydrogen-bond donors (Lipinski definition) is 1. The summed E-state index contributed by atoms with van der Waals surface area (Å²) in [5.41, 5.74) is 0.273. The van der Waals surface area contributed by atoms with Crippen LogP contribution in [0.15, 0.2) is 18.2 Å². The summed E-state index contributed by atoms with van der Waals surface area (Å²) in [5.74, 6) is 0.845. The molecular weight excluding hydrogens is 328 g/mol. The van der Waals surface area contributed by atoms with E-state index >= 15 is 0 Å². The molecule has 0 aliphatic carbocycles. The third-order valence-electron chi connectivity index (χ3n) is 5.34. The van der Waals surface area contributed by atoms with Gasteiger partial charge in [-0.2, -0.15) is 0 Å². The summed E-state index contributed by atoms with van der Waals surface area (Å²) in [6.45, 7) is 10.00. The fraction of sp³-hybridized carbons (Fsp3) is 0.739. The van der Waals surface area contributed by atoms with Crippen LogP contribution in [-0.4, -0.2) is 6.54 Å². The quantitative estimate of drug-likeness (QED) is 0.330. The van der Waals surface area contributed by atoms with Crippen LogP contribution in [0.4, 0.5) is 14.5 Å². The highest BCUT2D eigenvalue weighted by Gasteiger charge is 2.16. The lowest BCUT2D eigenvalue weighted by molar-refractivity contribution is 0.284. The van der Waals surface area contributed by atoms with E-state index in [9.17, 15) is 8.78 Å². The van der Waals surface area contributed by atoms with Crippen LogP contribution >= 0.6 is 0 Å². The molecule has 0 fully saturated rings. The first-order valence-corrected chi connectivity index (χ1v) is 10.7. The molecule has 0 bridgehead atoms. The van der Waals surface area contributed by atoms with Crippen molar-refractivity contribution in [3.63, 3.8) is 0 Å². The zero-order chi connectivity index (χ0) is 19.4. The van der Waals surface area contributed by atoms with E-state index in [0.717, 1.165) is 36.7 Å². The lowest BCUT2D eigenvalue weighted by Gasteiger charge is -2.24. The molecule has 26 heavy (non-hydrogen) atoms. The second-order valence-corrected chi connectivity index (χ2v) is 8.15. The molecule has 0 saturated heterocycles. The van der Waals surface area contributed by atoms with Crippen molar-refractivity contribution in [2.24, 2.45) is 17.8 Å². The first-order chi connectivity index (χ1) is 12.5. The maximum atomic E-state index is 13.6. The number of hydrogen-bond acceptors (Lipinski definition) is 1. The average Bonchev–Trinajstić information content (AvgIpc) is 2.58. The molecule has 0 heterocycles. The molecule has 3 heteroatoms. The van der Waals surface area contributed by atoms with Crippen molar-refractivity contribution >= 4 is 5.69 Å². The summed E-state index contributed by atoms with van der Waals surface area (Å²) >= 11 is 0. The van der Waals surface area contributed by atoms with Crippen LogP contribution in [0.25, 0.3) is 0 Å². The number of halogens is 2. The van der Waals surface area contributed by atoms with Crippen molar-refractivity contribution in [1.29, 1.82) is 0 Å². The summed E-state index contributed by atoms with van der Waals surface area (Å²) in [6, 6.07) is 4.29. The van der Waals surface area contributed by atoms with Gasteiger partial charge in [-0.15, -0.1) is 0 Å². The molecule has 0 aromatic heterocycles. The summed E-state index contributed by atoms with van der Waals surface area (Å²) < 4.78 is 26.8. The van der Waals surface area contributed by atoms with Gasteiger partial charge in [0.05, 0.1) is 5.69 Å². The molecule has 1 N–H and O–H groups in total. The molecule has 1 aromatic rings. The molecule has 0 aliphatic rings. The summed E-state index contributed by atoms with van der Waals surface area (Å²) in [5, 5.41) is 3.03. The highest BCUT2D eigenvalue weighted by atomic mass is 19.2. The number of nitrogens with one attached hydrogen (secondary N) is 1. The van der Waals surface area contributed by atoms with Crippen molar-refractivity contribution in [1.82, 2.24) is 0 Å². The van der Waals surface area contributed by atoms with Gasteiger partial charge < -0.3 is 5.32 Å². The van der Waals surface area contributed by atoms with Crippen LogP contribution < -0.4 is 5.32 Å². The van der Waals surface area contributed by atoms with E-state index in [-0.39, 0.29) is 5.69 Å². The third kappa shape index (κ3) is 9.00. The van der Waals surface area contributed by atoms with Gasteiger partial charge in [-0.1, -0.05) is 72.3 Å². The van der Waals surface area contributed by atoms with Crippen molar-refractivity contribution < 1.29 is 8.78 Å². The maximum absolute atomic E-state index is 13.6. The monoisotopic (exact) mass is 367 g/mol. The molecule has 0 aliphatic heterocycles. The van der Waals surface area contributed by atoms with Crippen molar-refractivity contribution in [3.05, 3.63) is 29.8 Å². The zero-order valence-electron chi connectivity index (χ0n) is 17.3. The molecule has 2 unspecified atom stereocenters. The molecular formula is C23H39F2N. The van der Waals surface area contributed by atoms with E-state index in [0.29, 0.717) is 6.54 Å². The van der Waals surface area contributed by atoms with Crippen LogP contribution in [0, 0.1) is 29.4 Å². The Kier molecular flexibility index (Phi) is 11.6. The standard InChI is InChI=1S/C23H39F2N/c1-5-10-18(3)16-20(17-19(4)11-6-2)12-7-8-15-26-22-14-9-13-21(24)23(22)25/h9,13-14,18-20,26H,5-8,10-12,15-17H2,1-4H3. The summed E-state index contributed by atoms with van der Waals surface area (Å²) in [7, 11) is 0. The Hall–Kier alpha value is -1.12. The molecule has 0 spiro atoms. The van der Waals surface area contributed by atoms with Gasteiger partial charge in [0, 0.05) is 6.54 Å². The van der Waals surface area contributed by atoms with E-state index in [1.165, 1.54) is 44.9 Å². The lowest BCUT2D eigenvalue weighted by Crippen LogP contribution is -2.12. The summed E-state index contributed by atoms with van der Waals surface area (Å²) in [4.78, 5) is 0. The van der Waals surface area contributed by atoms with Gasteiger partial charge in [-0.05, 0) is 49.1 Å². The smallest absolute Gasteiger partial charge is 0.181 e. The predicted molar refractivity (Wildman–Crippen MR) is 110 cm³/mol. The third-order valence-corrected chi connectivity index (χ3v) is 5.34. The van der Waals surface area contributed by atoms with Crippen molar-refractivity contribution in [2.75, 3.05) is 11.9 Å². The largest absolute Gasteiger partial charge is 0.383 e. The molecule has 2 atom stereocenters. The normalized spacial score (nSPS) is 14.8. The molecule has 0 amide bonds. The second-order valence-electron chi connectivity index (χ2n) is 8.15. The Labute approximate surface area is 160 Å². The van der Waals surface area contributed by atoms with E-state index in [4.69, 9.17) is 0 Å². The SMILES string of the molecule is CCCC(C)CC(CCCCNc1cccc(F)c1F)CC(C)CCC. The first-order valence-electron chi connectivity index (χ1n) is 10.7. The molecule has 1 aromatic carbocycles. The Balaban J connectivity index is 2.38. The van der Waals surface area contributed by atoms with Crippen LogP contribution in [0.2, 0.25) is 0 Å². The molecule has 150 valence electrons. The van der Waals surface area contributed by atoms with Crippen LogP contribution in [-0.2, 0) is 0 Å². The van der Waals surface area contributed by atoms with Crippen molar-refractivity contribution in [2.45, 2.75) is 85.5 Å². The van der Waals surface area contributed by atoms with Gasteiger partial charge in [0.1, 0.15) is 0 Å². The second kappa shape index (κ2) is 13.1. The fourth-order valence-electron chi connectivity index (χ4n) is 4.11. The van der Waals surface area contributed by atoms with Gasteiger partial charge in [0.2, 0.25) is 0 Å². The molecule has 0 saturated carbocycles. The van der Waals surface area contributed by atoms with Gasteiger partial charge in [-0.3, -0.25) is 0 Å². The number of benzene rings is 1. The first kappa shape index (κ1) is 22.9. The van der Waals surface area contributed by atoms with Crippen LogP contribution in [0.5, 0.6) is 0 Å². The molecule has 0 radical (unpaired) electrons. The van der Waals surface area contributed by atoms with Crippen LogP contribution in [0.3, 0.4) is 0 Å². The maximum Gasteiger partial charge on any atom is 0.181 e. The minimum absolute atomic E-state index is 0.273. The zero-order valence-corrected chi connectivity index (χ0v) is 17.3. The molecule has 1 nitrogen and oxygen atoms in total. The number of anilines is 1. The minimum atomic E-state index is -0.787. The van der Waals surface area contributed by atoms with E-state index in [1.807, 2.05) is 0 Å². The fourth-order valence-corrected chi connectivity index (χ4v) is 4.11. The Morgan fingerprint density at radius 3 is 2.08 bits per heavy atom. The Morgan fingerprint density at radius 1 is 0.885 bits per heavy atom. The van der Waals surface area contributed by atoms with Gasteiger partial charge in [-0.25, -0.2) is 8.78 Å². The van der Waals surface area contributed by atoms with E-state index in [1.54, 1.807) is 12.1 Å². The number of rotatable bonds is 14. The van der Waals surface area contributed by atoms with Crippen LogP contribution in [0.1, 0.15) is 85.5 Å². The molecule has 1 rings (SSSR count). The average molecular weight is 368 g/mol. The van der Waals surface area contributed by atoms with Gasteiger partial charge in [0.15, 0.2) is 11.6 Å². The van der Waals surface area contributed by atoms with E-state index < -0.39 is 11.6 Å². The predicted octanol–water partition coefficient (Wildman–Crippen LogP) is 7.82. The van der Waals surface area contributed by atoms with Gasteiger partial charge >= 0.3 is 0 Å². The topological polar surface area (TPSA) is 12.0 Å². The lowest BCUT2D eigenvalue weighted by atomic mass is 9.82. The highest BCUT2D eigenvalue weighted by molar-refractivity contribution is 5.44. The number of unbranched alkanes of at least 4 members (excludes halogenated alkanes) is 1. The minimum Gasteiger partial charge on any atom is -0.383 e.